The van der Waals surface area contributed by atoms with Crippen molar-refractivity contribution in [3.63, 3.8) is 0 Å². The van der Waals surface area contributed by atoms with Gasteiger partial charge in [0.05, 0.1) is 7.11 Å². The van der Waals surface area contributed by atoms with Crippen molar-refractivity contribution in [1.82, 2.24) is 0 Å². The van der Waals surface area contributed by atoms with Crippen molar-refractivity contribution in [2.75, 3.05) is 7.11 Å². The fourth-order valence-corrected chi connectivity index (χ4v) is 2.52. The topological polar surface area (TPSA) is 46.5 Å². The quantitative estimate of drug-likeness (QED) is 0.843. The molecule has 2 rings (SSSR count). The van der Waals surface area contributed by atoms with E-state index in [4.69, 9.17) is 4.74 Å². The molecule has 0 aromatic carbocycles. The van der Waals surface area contributed by atoms with E-state index in [0.29, 0.717) is 11.7 Å². The summed E-state index contributed by atoms with van der Waals surface area (Å²) in [6.07, 6.45) is 15.3. The highest BCUT2D eigenvalue weighted by atomic mass is 16.5. The monoisotopic (exact) mass is 260 g/mol. The van der Waals surface area contributed by atoms with Gasteiger partial charge in [-0.15, -0.1) is 0 Å². The number of carbonyl (C=O) groups is 1. The summed E-state index contributed by atoms with van der Waals surface area (Å²) in [6, 6.07) is 0. The van der Waals surface area contributed by atoms with Gasteiger partial charge >= 0.3 is 0 Å². The Morgan fingerprint density at radius 2 is 2.00 bits per heavy atom. The minimum Gasteiger partial charge on any atom is -0.504 e. The molecule has 1 N–H and O–H groups in total. The summed E-state index contributed by atoms with van der Waals surface area (Å²) in [5.41, 5.74) is 0.728. The van der Waals surface area contributed by atoms with Crippen LogP contribution in [0.25, 0.3) is 0 Å². The molecule has 0 spiro atoms. The van der Waals surface area contributed by atoms with Gasteiger partial charge in [0.2, 0.25) is 5.78 Å². The molecule has 19 heavy (non-hydrogen) atoms. The van der Waals surface area contributed by atoms with Gasteiger partial charge in [0, 0.05) is 11.6 Å². The first kappa shape index (κ1) is 13.7. The van der Waals surface area contributed by atoms with Crippen LogP contribution in [0.15, 0.2) is 47.5 Å². The third kappa shape index (κ3) is 3.60. The van der Waals surface area contributed by atoms with Gasteiger partial charge in [0.25, 0.3) is 0 Å². The SMILES string of the molecule is COC1=CC(=O)C(O)=C/C1=C\C=C\C1CCCCC1. The van der Waals surface area contributed by atoms with Crippen LogP contribution in [0.4, 0.5) is 0 Å². The zero-order valence-corrected chi connectivity index (χ0v) is 11.3. The van der Waals surface area contributed by atoms with Crippen molar-refractivity contribution in [3.8, 4) is 0 Å². The van der Waals surface area contributed by atoms with Gasteiger partial charge in [-0.3, -0.25) is 4.79 Å². The van der Waals surface area contributed by atoms with Crippen LogP contribution in [0.2, 0.25) is 0 Å². The summed E-state index contributed by atoms with van der Waals surface area (Å²) in [7, 11) is 1.52. The van der Waals surface area contributed by atoms with E-state index in [9.17, 15) is 9.90 Å². The van der Waals surface area contributed by atoms with Crippen LogP contribution in [-0.4, -0.2) is 18.0 Å². The van der Waals surface area contributed by atoms with Gasteiger partial charge in [0.1, 0.15) is 5.76 Å². The molecule has 0 atom stereocenters. The molecule has 1 fully saturated rings. The number of ketones is 1. The minimum atomic E-state index is -0.412. The summed E-state index contributed by atoms with van der Waals surface area (Å²) in [5, 5.41) is 9.46. The van der Waals surface area contributed by atoms with Crippen LogP contribution in [0, 0.1) is 5.92 Å². The standard InChI is InChI=1S/C16H20O3/c1-19-16-11-15(18)14(17)10-13(16)9-5-8-12-6-3-2-4-7-12/h5,8-12,17H,2-4,6-7H2,1H3/b8-5+,13-9+. The van der Waals surface area contributed by atoms with Gasteiger partial charge < -0.3 is 9.84 Å². The number of rotatable bonds is 3. The number of methoxy groups -OCH3 is 1. The molecule has 0 aromatic rings. The molecule has 0 bridgehead atoms. The van der Waals surface area contributed by atoms with Crippen molar-refractivity contribution in [3.05, 3.63) is 47.5 Å². The van der Waals surface area contributed by atoms with E-state index in [1.54, 1.807) is 0 Å². The first-order valence-corrected chi connectivity index (χ1v) is 6.80. The lowest BCUT2D eigenvalue weighted by Crippen LogP contribution is -2.07. The van der Waals surface area contributed by atoms with Crippen molar-refractivity contribution in [1.29, 1.82) is 0 Å². The lowest BCUT2D eigenvalue weighted by molar-refractivity contribution is -0.113. The molecule has 3 heteroatoms. The number of carbonyl (C=O) groups excluding carboxylic acids is 1. The molecule has 0 aliphatic heterocycles. The zero-order chi connectivity index (χ0) is 13.7. The first-order chi connectivity index (χ1) is 9.20. The summed E-state index contributed by atoms with van der Waals surface area (Å²) in [4.78, 5) is 11.3. The highest BCUT2D eigenvalue weighted by molar-refractivity contribution is 6.04. The summed E-state index contributed by atoms with van der Waals surface area (Å²) >= 11 is 0. The Labute approximate surface area is 114 Å². The highest BCUT2D eigenvalue weighted by Gasteiger charge is 2.16. The van der Waals surface area contributed by atoms with E-state index in [0.717, 1.165) is 5.57 Å². The second-order valence-corrected chi connectivity index (χ2v) is 5.01. The molecule has 0 aromatic heterocycles. The molecule has 0 amide bonds. The van der Waals surface area contributed by atoms with Crippen LogP contribution < -0.4 is 0 Å². The molecule has 0 radical (unpaired) electrons. The third-order valence-corrected chi connectivity index (χ3v) is 3.62. The Kier molecular flexibility index (Phi) is 4.61. The number of hydrogen-bond donors (Lipinski definition) is 1. The molecular weight excluding hydrogens is 240 g/mol. The molecule has 0 heterocycles. The normalized spacial score (nSPS) is 23.6. The first-order valence-electron chi connectivity index (χ1n) is 6.80. The Bertz CT molecular complexity index is 460. The molecule has 3 nitrogen and oxygen atoms in total. The van der Waals surface area contributed by atoms with Crippen LogP contribution in [-0.2, 0) is 9.53 Å². The van der Waals surface area contributed by atoms with Gasteiger partial charge in [0.15, 0.2) is 5.76 Å². The minimum absolute atomic E-state index is 0.238. The average molecular weight is 260 g/mol. The molecule has 2 aliphatic carbocycles. The Morgan fingerprint density at radius 1 is 1.26 bits per heavy atom. The van der Waals surface area contributed by atoms with Crippen LogP contribution in [0.3, 0.4) is 0 Å². The predicted octanol–water partition coefficient (Wildman–Crippen LogP) is 3.60. The lowest BCUT2D eigenvalue weighted by atomic mass is 9.89. The molecule has 102 valence electrons. The van der Waals surface area contributed by atoms with Gasteiger partial charge in [-0.25, -0.2) is 0 Å². The Hall–Kier alpha value is -1.77. The van der Waals surface area contributed by atoms with Crippen molar-refractivity contribution >= 4 is 5.78 Å². The molecule has 1 saturated carbocycles. The molecule has 2 aliphatic rings. The third-order valence-electron chi connectivity index (χ3n) is 3.62. The van der Waals surface area contributed by atoms with E-state index in [1.807, 2.05) is 12.2 Å². The maximum absolute atomic E-state index is 11.3. The maximum atomic E-state index is 11.3. The maximum Gasteiger partial charge on any atom is 0.223 e. The Balaban J connectivity index is 2.06. The fourth-order valence-electron chi connectivity index (χ4n) is 2.52. The van der Waals surface area contributed by atoms with Gasteiger partial charge in [-0.2, -0.15) is 0 Å². The average Bonchev–Trinajstić information content (AvgIpc) is 2.43. The van der Waals surface area contributed by atoms with Gasteiger partial charge in [-0.05, 0) is 24.8 Å². The fraction of sp³-hybridized carbons (Fsp3) is 0.438. The number of allylic oxidation sites excluding steroid dienone is 5. The summed E-state index contributed by atoms with van der Waals surface area (Å²) in [5.74, 6) is 0.503. The number of aliphatic hydroxyl groups excluding tert-OH is 1. The number of ether oxygens (including phenoxy) is 1. The smallest absolute Gasteiger partial charge is 0.223 e. The highest BCUT2D eigenvalue weighted by Crippen LogP contribution is 2.25. The largest absolute Gasteiger partial charge is 0.504 e. The van der Waals surface area contributed by atoms with Crippen LogP contribution in [0.1, 0.15) is 32.1 Å². The van der Waals surface area contributed by atoms with E-state index < -0.39 is 5.78 Å². The summed E-state index contributed by atoms with van der Waals surface area (Å²) in [6.45, 7) is 0. The number of hydrogen-bond acceptors (Lipinski definition) is 3. The van der Waals surface area contributed by atoms with E-state index in [2.05, 4.69) is 6.08 Å². The molecular formula is C16H20O3. The van der Waals surface area contributed by atoms with Crippen molar-refractivity contribution in [2.24, 2.45) is 5.92 Å². The van der Waals surface area contributed by atoms with Crippen LogP contribution >= 0.6 is 0 Å². The van der Waals surface area contributed by atoms with Crippen LogP contribution in [0.5, 0.6) is 0 Å². The second kappa shape index (κ2) is 6.41. The van der Waals surface area contributed by atoms with E-state index >= 15 is 0 Å². The Morgan fingerprint density at radius 3 is 2.68 bits per heavy atom. The number of aliphatic hydroxyl groups is 1. The zero-order valence-electron chi connectivity index (χ0n) is 11.3. The predicted molar refractivity (Wildman–Crippen MR) is 74.6 cm³/mol. The molecule has 0 unspecified atom stereocenters. The van der Waals surface area contributed by atoms with Crippen molar-refractivity contribution in [2.45, 2.75) is 32.1 Å². The lowest BCUT2D eigenvalue weighted by Gasteiger charge is -2.17. The second-order valence-electron chi connectivity index (χ2n) is 5.01. The van der Waals surface area contributed by atoms with E-state index in [-0.39, 0.29) is 5.76 Å². The van der Waals surface area contributed by atoms with Crippen molar-refractivity contribution < 1.29 is 14.6 Å². The van der Waals surface area contributed by atoms with E-state index in [1.165, 1.54) is 51.4 Å². The summed E-state index contributed by atoms with van der Waals surface area (Å²) < 4.78 is 5.15. The molecule has 0 saturated heterocycles. The van der Waals surface area contributed by atoms with Gasteiger partial charge in [-0.1, -0.05) is 37.5 Å².